The van der Waals surface area contributed by atoms with E-state index in [9.17, 15) is 18.4 Å². The van der Waals surface area contributed by atoms with E-state index in [0.717, 1.165) is 6.07 Å². The SMILES string of the molecule is CCOc1ncccc1C(=O)Nc1cc(NC(C)=O)c(F)cc1F. The molecular weight excluding hydrogens is 320 g/mol. The van der Waals surface area contributed by atoms with E-state index in [0.29, 0.717) is 12.7 Å². The number of ether oxygens (including phenoxy) is 1. The number of rotatable bonds is 5. The average molecular weight is 335 g/mol. The first-order valence-corrected chi connectivity index (χ1v) is 7.08. The quantitative estimate of drug-likeness (QED) is 0.880. The van der Waals surface area contributed by atoms with Crippen molar-refractivity contribution < 1.29 is 23.1 Å². The summed E-state index contributed by atoms with van der Waals surface area (Å²) < 4.78 is 32.7. The van der Waals surface area contributed by atoms with Gasteiger partial charge in [0, 0.05) is 19.2 Å². The second-order valence-corrected chi connectivity index (χ2v) is 4.74. The molecule has 0 aliphatic rings. The van der Waals surface area contributed by atoms with Gasteiger partial charge in [0.2, 0.25) is 11.8 Å². The second-order valence-electron chi connectivity index (χ2n) is 4.74. The summed E-state index contributed by atoms with van der Waals surface area (Å²) in [5.41, 5.74) is -0.420. The fraction of sp³-hybridized carbons (Fsp3) is 0.188. The highest BCUT2D eigenvalue weighted by molar-refractivity contribution is 6.06. The van der Waals surface area contributed by atoms with Crippen molar-refractivity contribution >= 4 is 23.2 Å². The lowest BCUT2D eigenvalue weighted by molar-refractivity contribution is -0.114. The van der Waals surface area contributed by atoms with Gasteiger partial charge in [0.05, 0.1) is 18.0 Å². The van der Waals surface area contributed by atoms with Crippen LogP contribution < -0.4 is 15.4 Å². The number of carbonyl (C=O) groups excluding carboxylic acids is 2. The minimum Gasteiger partial charge on any atom is -0.477 e. The second kappa shape index (κ2) is 7.49. The number of hydrogen-bond acceptors (Lipinski definition) is 4. The molecule has 24 heavy (non-hydrogen) atoms. The van der Waals surface area contributed by atoms with Gasteiger partial charge in [-0.05, 0) is 25.1 Å². The summed E-state index contributed by atoms with van der Waals surface area (Å²) in [7, 11) is 0. The first kappa shape index (κ1) is 17.3. The normalized spacial score (nSPS) is 10.2. The summed E-state index contributed by atoms with van der Waals surface area (Å²) in [5.74, 6) is -3.02. The highest BCUT2D eigenvalue weighted by Gasteiger charge is 2.17. The predicted octanol–water partition coefficient (Wildman–Crippen LogP) is 2.97. The van der Waals surface area contributed by atoms with E-state index in [-0.39, 0.29) is 22.8 Å². The Kier molecular flexibility index (Phi) is 5.41. The van der Waals surface area contributed by atoms with Crippen molar-refractivity contribution in [1.29, 1.82) is 0 Å². The van der Waals surface area contributed by atoms with E-state index in [1.807, 2.05) is 0 Å². The first-order chi connectivity index (χ1) is 11.4. The van der Waals surface area contributed by atoms with Crippen molar-refractivity contribution in [3.05, 3.63) is 47.7 Å². The molecule has 0 saturated heterocycles. The summed E-state index contributed by atoms with van der Waals surface area (Å²) in [6.07, 6.45) is 1.45. The van der Waals surface area contributed by atoms with Gasteiger partial charge in [0.15, 0.2) is 0 Å². The number of pyridine rings is 1. The maximum Gasteiger partial charge on any atom is 0.261 e. The average Bonchev–Trinajstić information content (AvgIpc) is 2.52. The molecule has 8 heteroatoms. The largest absolute Gasteiger partial charge is 0.477 e. The molecule has 2 rings (SSSR count). The number of aromatic nitrogens is 1. The van der Waals surface area contributed by atoms with Gasteiger partial charge in [0.25, 0.3) is 5.91 Å². The lowest BCUT2D eigenvalue weighted by Gasteiger charge is -2.12. The Bertz CT molecular complexity index is 781. The number of amides is 2. The van der Waals surface area contributed by atoms with Gasteiger partial charge in [-0.15, -0.1) is 0 Å². The molecule has 1 heterocycles. The molecule has 2 N–H and O–H groups in total. The molecule has 0 saturated carbocycles. The molecule has 0 unspecified atom stereocenters. The molecule has 1 aromatic heterocycles. The molecule has 0 spiro atoms. The number of nitrogens with zero attached hydrogens (tertiary/aromatic N) is 1. The number of carbonyl (C=O) groups is 2. The fourth-order valence-electron chi connectivity index (χ4n) is 1.94. The highest BCUT2D eigenvalue weighted by Crippen LogP contribution is 2.25. The van der Waals surface area contributed by atoms with E-state index in [2.05, 4.69) is 15.6 Å². The Hall–Kier alpha value is -3.03. The van der Waals surface area contributed by atoms with E-state index in [4.69, 9.17) is 4.74 Å². The Morgan fingerprint density at radius 3 is 2.46 bits per heavy atom. The summed E-state index contributed by atoms with van der Waals surface area (Å²) in [6, 6.07) is 4.57. The smallest absolute Gasteiger partial charge is 0.261 e. The van der Waals surface area contributed by atoms with Gasteiger partial charge in [-0.25, -0.2) is 13.8 Å². The van der Waals surface area contributed by atoms with E-state index >= 15 is 0 Å². The minimum absolute atomic E-state index is 0.0992. The molecule has 0 fully saturated rings. The van der Waals surface area contributed by atoms with E-state index in [1.165, 1.54) is 25.3 Å². The summed E-state index contributed by atoms with van der Waals surface area (Å²) in [5, 5.41) is 4.53. The van der Waals surface area contributed by atoms with Crippen LogP contribution in [0, 0.1) is 11.6 Å². The Morgan fingerprint density at radius 1 is 1.17 bits per heavy atom. The molecule has 0 atom stereocenters. The zero-order valence-electron chi connectivity index (χ0n) is 13.0. The number of halogens is 2. The number of hydrogen-bond donors (Lipinski definition) is 2. The van der Waals surface area contributed by atoms with Crippen molar-refractivity contribution in [3.8, 4) is 5.88 Å². The van der Waals surface area contributed by atoms with Crippen LogP contribution >= 0.6 is 0 Å². The van der Waals surface area contributed by atoms with Crippen LogP contribution in [-0.4, -0.2) is 23.4 Å². The lowest BCUT2D eigenvalue weighted by Crippen LogP contribution is -2.16. The van der Waals surface area contributed by atoms with Crippen LogP contribution in [0.3, 0.4) is 0 Å². The van der Waals surface area contributed by atoms with Crippen LogP contribution in [0.4, 0.5) is 20.2 Å². The van der Waals surface area contributed by atoms with Crippen LogP contribution in [0.2, 0.25) is 0 Å². The molecule has 2 aromatic rings. The molecule has 6 nitrogen and oxygen atoms in total. The van der Waals surface area contributed by atoms with Gasteiger partial charge in [0.1, 0.15) is 17.2 Å². The van der Waals surface area contributed by atoms with Gasteiger partial charge in [-0.1, -0.05) is 0 Å². The molecule has 0 radical (unpaired) electrons. The van der Waals surface area contributed by atoms with E-state index < -0.39 is 23.4 Å². The van der Waals surface area contributed by atoms with E-state index in [1.54, 1.807) is 6.92 Å². The molecule has 126 valence electrons. The molecule has 0 bridgehead atoms. The summed E-state index contributed by atoms with van der Waals surface area (Å²) in [6.45, 7) is 3.22. The van der Waals surface area contributed by atoms with Crippen molar-refractivity contribution in [3.63, 3.8) is 0 Å². The van der Waals surface area contributed by atoms with Crippen molar-refractivity contribution in [2.45, 2.75) is 13.8 Å². The van der Waals surface area contributed by atoms with Crippen LogP contribution in [0.1, 0.15) is 24.2 Å². The highest BCUT2D eigenvalue weighted by atomic mass is 19.1. The Balaban J connectivity index is 2.30. The number of nitrogens with one attached hydrogen (secondary N) is 2. The Morgan fingerprint density at radius 2 is 1.83 bits per heavy atom. The predicted molar refractivity (Wildman–Crippen MR) is 84.0 cm³/mol. The van der Waals surface area contributed by atoms with Gasteiger partial charge >= 0.3 is 0 Å². The van der Waals surface area contributed by atoms with Crippen LogP contribution in [0.5, 0.6) is 5.88 Å². The van der Waals surface area contributed by atoms with Crippen LogP contribution in [0.25, 0.3) is 0 Å². The zero-order chi connectivity index (χ0) is 17.7. The van der Waals surface area contributed by atoms with Gasteiger partial charge in [-0.2, -0.15) is 0 Å². The maximum atomic E-state index is 13.9. The first-order valence-electron chi connectivity index (χ1n) is 7.08. The monoisotopic (exact) mass is 335 g/mol. The Labute approximate surface area is 136 Å². The molecular formula is C16H15F2N3O3. The topological polar surface area (TPSA) is 80.3 Å². The van der Waals surface area contributed by atoms with Gasteiger partial charge in [-0.3, -0.25) is 9.59 Å². The summed E-state index contributed by atoms with van der Waals surface area (Å²) >= 11 is 0. The molecule has 0 aliphatic heterocycles. The molecule has 1 aromatic carbocycles. The number of benzene rings is 1. The molecule has 0 aliphatic carbocycles. The van der Waals surface area contributed by atoms with Crippen LogP contribution in [-0.2, 0) is 4.79 Å². The third-order valence-corrected chi connectivity index (χ3v) is 2.91. The van der Waals surface area contributed by atoms with Crippen molar-refractivity contribution in [1.82, 2.24) is 4.98 Å². The van der Waals surface area contributed by atoms with Crippen molar-refractivity contribution in [2.24, 2.45) is 0 Å². The fourth-order valence-corrected chi connectivity index (χ4v) is 1.94. The van der Waals surface area contributed by atoms with Crippen molar-refractivity contribution in [2.75, 3.05) is 17.2 Å². The lowest BCUT2D eigenvalue weighted by atomic mass is 10.2. The number of anilines is 2. The minimum atomic E-state index is -0.975. The van der Waals surface area contributed by atoms with Crippen LogP contribution in [0.15, 0.2) is 30.5 Å². The zero-order valence-corrected chi connectivity index (χ0v) is 13.0. The van der Waals surface area contributed by atoms with Gasteiger partial charge < -0.3 is 15.4 Å². The third kappa shape index (κ3) is 4.03. The molecule has 2 amide bonds. The summed E-state index contributed by atoms with van der Waals surface area (Å²) in [4.78, 5) is 27.3. The maximum absolute atomic E-state index is 13.9. The standard InChI is InChI=1S/C16H15F2N3O3/c1-3-24-16-10(5-4-6-19-16)15(23)21-14-8-13(20-9(2)22)11(17)7-12(14)18/h4-8H,3H2,1-2H3,(H,20,22)(H,21,23). The third-order valence-electron chi connectivity index (χ3n) is 2.91.